The van der Waals surface area contributed by atoms with Gasteiger partial charge in [0.1, 0.15) is 0 Å². The predicted molar refractivity (Wildman–Crippen MR) is 112 cm³/mol. The summed E-state index contributed by atoms with van der Waals surface area (Å²) in [6.45, 7) is 0.634. The maximum Gasteiger partial charge on any atom is 0.418 e. The average Bonchev–Trinajstić information content (AvgIpc) is 2.69. The molecule has 0 atom stereocenters. The second-order valence-electron chi connectivity index (χ2n) is 6.87. The minimum Gasteiger partial charge on any atom is -0.324 e. The maximum atomic E-state index is 13.2. The molecule has 0 saturated carbocycles. The fourth-order valence-corrected chi connectivity index (χ4v) is 4.86. The number of piperazine rings is 1. The molecule has 1 aliphatic heterocycles. The van der Waals surface area contributed by atoms with Gasteiger partial charge >= 0.3 is 6.18 Å². The van der Waals surface area contributed by atoms with E-state index in [-0.39, 0.29) is 48.3 Å². The smallest absolute Gasteiger partial charge is 0.324 e. The van der Waals surface area contributed by atoms with Crippen molar-refractivity contribution in [3.05, 3.63) is 58.1 Å². The van der Waals surface area contributed by atoms with Gasteiger partial charge in [-0.05, 0) is 42.5 Å². The number of halogens is 5. The van der Waals surface area contributed by atoms with Crippen molar-refractivity contribution < 1.29 is 26.4 Å². The zero-order valence-electron chi connectivity index (χ0n) is 16.0. The van der Waals surface area contributed by atoms with Crippen LogP contribution in [0.4, 0.5) is 18.9 Å². The molecule has 12 heteroatoms. The van der Waals surface area contributed by atoms with Crippen molar-refractivity contribution in [2.45, 2.75) is 11.1 Å². The number of alkyl halides is 3. The molecule has 1 amide bonds. The molecule has 1 fully saturated rings. The topological polar surface area (TPSA) is 69.7 Å². The molecule has 0 radical (unpaired) electrons. The van der Waals surface area contributed by atoms with Crippen molar-refractivity contribution in [2.75, 3.05) is 38.0 Å². The molecule has 0 unspecified atom stereocenters. The summed E-state index contributed by atoms with van der Waals surface area (Å²) in [6.07, 6.45) is -4.67. The molecule has 1 N–H and O–H groups in total. The highest BCUT2D eigenvalue weighted by molar-refractivity contribution is 7.89. The Morgan fingerprint density at radius 1 is 0.968 bits per heavy atom. The Kier molecular flexibility index (Phi) is 7.17. The second-order valence-corrected chi connectivity index (χ2v) is 9.68. The zero-order valence-corrected chi connectivity index (χ0v) is 18.3. The molecule has 0 aliphatic carbocycles. The van der Waals surface area contributed by atoms with Crippen molar-refractivity contribution in [3.8, 4) is 0 Å². The first kappa shape index (κ1) is 23.8. The van der Waals surface area contributed by atoms with Crippen LogP contribution >= 0.6 is 23.2 Å². The van der Waals surface area contributed by atoms with E-state index in [0.717, 1.165) is 12.1 Å². The lowest BCUT2D eigenvalue weighted by molar-refractivity contribution is -0.137. The normalized spacial score (nSPS) is 16.3. The number of anilines is 1. The van der Waals surface area contributed by atoms with Crippen LogP contribution in [0.5, 0.6) is 0 Å². The summed E-state index contributed by atoms with van der Waals surface area (Å²) in [5, 5.41) is 2.59. The van der Waals surface area contributed by atoms with Gasteiger partial charge < -0.3 is 5.32 Å². The van der Waals surface area contributed by atoms with Crippen LogP contribution in [0.2, 0.25) is 10.0 Å². The zero-order chi connectivity index (χ0) is 22.8. The van der Waals surface area contributed by atoms with Gasteiger partial charge in [0.05, 0.1) is 22.7 Å². The number of nitrogens with one attached hydrogen (secondary N) is 1. The van der Waals surface area contributed by atoms with E-state index in [1.165, 1.54) is 34.6 Å². The van der Waals surface area contributed by atoms with Gasteiger partial charge in [-0.1, -0.05) is 23.2 Å². The Balaban J connectivity index is 1.59. The van der Waals surface area contributed by atoms with Crippen molar-refractivity contribution >= 4 is 44.8 Å². The van der Waals surface area contributed by atoms with Gasteiger partial charge in [0, 0.05) is 36.2 Å². The minimum atomic E-state index is -4.67. The SMILES string of the molecule is O=C(CN1CCN(S(=O)(=O)c2ccc(Cl)cc2)CC1)Nc1ccc(Cl)cc1C(F)(F)F. The van der Waals surface area contributed by atoms with Crippen LogP contribution in [0.3, 0.4) is 0 Å². The predicted octanol–water partition coefficient (Wildman–Crippen LogP) is 3.96. The monoisotopic (exact) mass is 495 g/mol. The number of sulfonamides is 1. The third-order valence-electron chi connectivity index (χ3n) is 4.71. The van der Waals surface area contributed by atoms with E-state index in [1.807, 2.05) is 0 Å². The lowest BCUT2D eigenvalue weighted by Gasteiger charge is -2.33. The number of rotatable bonds is 5. The van der Waals surface area contributed by atoms with Gasteiger partial charge in [0.2, 0.25) is 15.9 Å². The van der Waals surface area contributed by atoms with Gasteiger partial charge in [-0.2, -0.15) is 17.5 Å². The van der Waals surface area contributed by atoms with E-state index in [0.29, 0.717) is 5.02 Å². The van der Waals surface area contributed by atoms with Crippen LogP contribution in [0, 0.1) is 0 Å². The van der Waals surface area contributed by atoms with E-state index in [4.69, 9.17) is 23.2 Å². The van der Waals surface area contributed by atoms with Crippen molar-refractivity contribution in [1.82, 2.24) is 9.21 Å². The van der Waals surface area contributed by atoms with Crippen molar-refractivity contribution in [3.63, 3.8) is 0 Å². The molecule has 1 heterocycles. The Hall–Kier alpha value is -1.85. The Bertz CT molecular complexity index is 1060. The number of carbonyl (C=O) groups excluding carboxylic acids is 1. The number of benzene rings is 2. The molecule has 6 nitrogen and oxygen atoms in total. The lowest BCUT2D eigenvalue weighted by Crippen LogP contribution is -2.50. The third kappa shape index (κ3) is 5.89. The van der Waals surface area contributed by atoms with Gasteiger partial charge in [-0.15, -0.1) is 0 Å². The number of amides is 1. The third-order valence-corrected chi connectivity index (χ3v) is 7.11. The Morgan fingerprint density at radius 2 is 1.55 bits per heavy atom. The van der Waals surface area contributed by atoms with Gasteiger partial charge in [-0.25, -0.2) is 8.42 Å². The standard InChI is InChI=1S/C19H18Cl2F3N3O3S/c20-13-1-4-15(5-2-13)31(29,30)27-9-7-26(8-10-27)12-18(28)25-17-6-3-14(21)11-16(17)19(22,23)24/h1-6,11H,7-10,12H2,(H,25,28). The van der Waals surface area contributed by atoms with E-state index >= 15 is 0 Å². The van der Waals surface area contributed by atoms with Crippen LogP contribution in [-0.2, 0) is 21.0 Å². The summed E-state index contributed by atoms with van der Waals surface area (Å²) in [4.78, 5) is 14.1. The van der Waals surface area contributed by atoms with Crippen LogP contribution in [0.1, 0.15) is 5.56 Å². The van der Waals surface area contributed by atoms with Crippen LogP contribution in [0.15, 0.2) is 47.4 Å². The highest BCUT2D eigenvalue weighted by atomic mass is 35.5. The second kappa shape index (κ2) is 9.33. The number of carbonyl (C=O) groups is 1. The first-order valence-corrected chi connectivity index (χ1v) is 11.3. The minimum absolute atomic E-state index is 0.0941. The summed E-state index contributed by atoms with van der Waals surface area (Å²) in [5.74, 6) is -0.637. The number of nitrogens with zero attached hydrogens (tertiary/aromatic N) is 2. The summed E-state index contributed by atoms with van der Waals surface area (Å²) < 4.78 is 66.2. The largest absolute Gasteiger partial charge is 0.418 e. The molecular weight excluding hydrogens is 478 g/mol. The number of hydrogen-bond donors (Lipinski definition) is 1. The van der Waals surface area contributed by atoms with Crippen LogP contribution in [0.25, 0.3) is 0 Å². The Morgan fingerprint density at radius 3 is 2.13 bits per heavy atom. The summed E-state index contributed by atoms with van der Waals surface area (Å²) in [6, 6.07) is 8.91. The fraction of sp³-hybridized carbons (Fsp3) is 0.316. The molecular formula is C19H18Cl2F3N3O3S. The van der Waals surface area contributed by atoms with Gasteiger partial charge in [0.15, 0.2) is 0 Å². The highest BCUT2D eigenvalue weighted by Crippen LogP contribution is 2.36. The first-order valence-electron chi connectivity index (χ1n) is 9.11. The average molecular weight is 496 g/mol. The number of hydrogen-bond acceptors (Lipinski definition) is 4. The summed E-state index contributed by atoms with van der Waals surface area (Å²) in [7, 11) is -3.70. The van der Waals surface area contributed by atoms with Crippen LogP contribution in [-0.4, -0.2) is 56.3 Å². The van der Waals surface area contributed by atoms with E-state index in [1.54, 1.807) is 4.90 Å². The van der Waals surface area contributed by atoms with Gasteiger partial charge in [-0.3, -0.25) is 9.69 Å². The van der Waals surface area contributed by atoms with E-state index < -0.39 is 27.7 Å². The molecule has 2 aromatic rings. The van der Waals surface area contributed by atoms with E-state index in [2.05, 4.69) is 5.32 Å². The molecule has 2 aromatic carbocycles. The maximum absolute atomic E-state index is 13.2. The molecule has 1 aliphatic rings. The lowest BCUT2D eigenvalue weighted by atomic mass is 10.1. The molecule has 0 bridgehead atoms. The fourth-order valence-electron chi connectivity index (χ4n) is 3.14. The molecule has 3 rings (SSSR count). The molecule has 31 heavy (non-hydrogen) atoms. The van der Waals surface area contributed by atoms with E-state index in [9.17, 15) is 26.4 Å². The molecule has 1 saturated heterocycles. The van der Waals surface area contributed by atoms with Crippen molar-refractivity contribution in [2.24, 2.45) is 0 Å². The molecule has 0 aromatic heterocycles. The highest BCUT2D eigenvalue weighted by Gasteiger charge is 2.34. The summed E-state index contributed by atoms with van der Waals surface area (Å²) >= 11 is 11.4. The van der Waals surface area contributed by atoms with Crippen molar-refractivity contribution in [1.29, 1.82) is 0 Å². The van der Waals surface area contributed by atoms with Gasteiger partial charge in [0.25, 0.3) is 0 Å². The molecule has 168 valence electrons. The van der Waals surface area contributed by atoms with Crippen LogP contribution < -0.4 is 5.32 Å². The first-order chi connectivity index (χ1) is 14.5. The quantitative estimate of drug-likeness (QED) is 0.681. The molecule has 0 spiro atoms. The Labute approximate surface area is 187 Å². The summed E-state index contributed by atoms with van der Waals surface area (Å²) in [5.41, 5.74) is -1.42.